The van der Waals surface area contributed by atoms with E-state index in [2.05, 4.69) is 20.6 Å². The number of aryl methyl sites for hydroxylation is 1. The van der Waals surface area contributed by atoms with Crippen LogP contribution in [0.4, 0.5) is 5.82 Å². The Balaban J connectivity index is 2.39. The number of nitrogens with zero attached hydrogens (tertiary/aromatic N) is 2. The molecule has 1 rings (SSSR count). The number of ether oxygens (including phenoxy) is 1. The molecule has 2 N–H and O–H groups in total. The van der Waals surface area contributed by atoms with E-state index < -0.39 is 0 Å². The Bertz CT molecular complexity index is 396. The topological polar surface area (TPSA) is 76.1 Å². The van der Waals surface area contributed by atoms with Crippen molar-refractivity contribution in [2.24, 2.45) is 0 Å². The van der Waals surface area contributed by atoms with Gasteiger partial charge >= 0.3 is 0 Å². The molecule has 6 heteroatoms. The molecule has 1 aromatic heterocycles. The maximum Gasteiger partial charge on any atom is 0.221 e. The van der Waals surface area contributed by atoms with Crippen molar-refractivity contribution in [1.82, 2.24) is 15.3 Å². The van der Waals surface area contributed by atoms with Crippen LogP contribution in [-0.2, 0) is 4.79 Å². The van der Waals surface area contributed by atoms with Gasteiger partial charge in [0, 0.05) is 25.6 Å². The monoisotopic (exact) mass is 252 g/mol. The van der Waals surface area contributed by atoms with Crippen LogP contribution < -0.4 is 15.4 Å². The largest absolute Gasteiger partial charge is 0.481 e. The van der Waals surface area contributed by atoms with Gasteiger partial charge in [-0.2, -0.15) is 4.98 Å². The number of hydrogen-bond donors (Lipinski definition) is 2. The van der Waals surface area contributed by atoms with E-state index >= 15 is 0 Å². The third kappa shape index (κ3) is 4.99. The van der Waals surface area contributed by atoms with Gasteiger partial charge in [-0.05, 0) is 13.3 Å². The summed E-state index contributed by atoms with van der Waals surface area (Å²) in [5.41, 5.74) is 0. The highest BCUT2D eigenvalue weighted by Gasteiger charge is 2.03. The summed E-state index contributed by atoms with van der Waals surface area (Å²) in [6.07, 6.45) is 1.37. The van der Waals surface area contributed by atoms with Crippen LogP contribution in [-0.4, -0.2) is 36.1 Å². The van der Waals surface area contributed by atoms with Crippen LogP contribution in [0.3, 0.4) is 0 Å². The smallest absolute Gasteiger partial charge is 0.221 e. The Hall–Kier alpha value is -1.85. The second kappa shape index (κ2) is 7.47. The van der Waals surface area contributed by atoms with E-state index in [1.165, 1.54) is 0 Å². The average molecular weight is 252 g/mol. The van der Waals surface area contributed by atoms with Gasteiger partial charge in [-0.25, -0.2) is 4.98 Å². The number of hydrogen-bond acceptors (Lipinski definition) is 5. The molecule has 0 aliphatic heterocycles. The third-order valence-corrected chi connectivity index (χ3v) is 2.25. The van der Waals surface area contributed by atoms with E-state index in [1.54, 1.807) is 20.1 Å². The zero-order valence-electron chi connectivity index (χ0n) is 11.1. The molecule has 1 amide bonds. The summed E-state index contributed by atoms with van der Waals surface area (Å²) in [7, 11) is 1.56. The molecule has 0 aliphatic rings. The Morgan fingerprint density at radius 3 is 2.83 bits per heavy atom. The first-order valence-corrected chi connectivity index (χ1v) is 6.06. The van der Waals surface area contributed by atoms with E-state index in [1.807, 2.05) is 6.92 Å². The average Bonchev–Trinajstić information content (AvgIpc) is 2.35. The summed E-state index contributed by atoms with van der Waals surface area (Å²) in [6.45, 7) is 5.07. The van der Waals surface area contributed by atoms with Crippen LogP contribution >= 0.6 is 0 Å². The van der Waals surface area contributed by atoms with Crippen molar-refractivity contribution >= 4 is 11.7 Å². The lowest BCUT2D eigenvalue weighted by atomic mass is 10.3. The highest BCUT2D eigenvalue weighted by atomic mass is 16.5. The van der Waals surface area contributed by atoms with Gasteiger partial charge in [-0.3, -0.25) is 4.79 Å². The zero-order chi connectivity index (χ0) is 13.4. The maximum atomic E-state index is 11.4. The van der Waals surface area contributed by atoms with Gasteiger partial charge in [0.15, 0.2) is 0 Å². The lowest BCUT2D eigenvalue weighted by Crippen LogP contribution is -2.26. The normalized spacial score (nSPS) is 9.94. The molecule has 0 saturated carbocycles. The molecule has 0 radical (unpaired) electrons. The molecule has 0 saturated heterocycles. The first-order valence-electron chi connectivity index (χ1n) is 6.06. The molecule has 0 unspecified atom stereocenters. The first kappa shape index (κ1) is 14.2. The summed E-state index contributed by atoms with van der Waals surface area (Å²) < 4.78 is 5.05. The van der Waals surface area contributed by atoms with Gasteiger partial charge in [0.25, 0.3) is 0 Å². The van der Waals surface area contributed by atoms with Crippen molar-refractivity contribution in [1.29, 1.82) is 0 Å². The number of aromatic nitrogens is 2. The number of amides is 1. The summed E-state index contributed by atoms with van der Waals surface area (Å²) >= 11 is 0. The van der Waals surface area contributed by atoms with Gasteiger partial charge in [0.2, 0.25) is 11.8 Å². The van der Waals surface area contributed by atoms with Crippen molar-refractivity contribution < 1.29 is 9.53 Å². The maximum absolute atomic E-state index is 11.4. The SMILES string of the molecule is CCCNC(=O)CCNc1cc(OC)nc(C)n1. The van der Waals surface area contributed by atoms with E-state index in [9.17, 15) is 4.79 Å². The number of methoxy groups -OCH3 is 1. The second-order valence-corrected chi connectivity index (χ2v) is 3.87. The minimum atomic E-state index is 0.0436. The summed E-state index contributed by atoms with van der Waals surface area (Å²) in [4.78, 5) is 19.7. The molecule has 0 atom stereocenters. The van der Waals surface area contributed by atoms with Crippen molar-refractivity contribution in [2.45, 2.75) is 26.7 Å². The Kier molecular flexibility index (Phi) is 5.90. The summed E-state index contributed by atoms with van der Waals surface area (Å²) in [5.74, 6) is 1.86. The van der Waals surface area contributed by atoms with Gasteiger partial charge < -0.3 is 15.4 Å². The molecular weight excluding hydrogens is 232 g/mol. The molecule has 0 spiro atoms. The number of nitrogens with one attached hydrogen (secondary N) is 2. The van der Waals surface area contributed by atoms with Crippen molar-refractivity contribution in [3.8, 4) is 5.88 Å². The molecule has 0 aliphatic carbocycles. The van der Waals surface area contributed by atoms with Crippen LogP contribution in [0.2, 0.25) is 0 Å². The molecule has 100 valence electrons. The van der Waals surface area contributed by atoms with Gasteiger partial charge in [-0.15, -0.1) is 0 Å². The van der Waals surface area contributed by atoms with Crippen molar-refractivity contribution in [3.63, 3.8) is 0 Å². The van der Waals surface area contributed by atoms with E-state index in [4.69, 9.17) is 4.74 Å². The van der Waals surface area contributed by atoms with Crippen LogP contribution in [0.15, 0.2) is 6.07 Å². The predicted octanol–water partition coefficient (Wildman–Crippen LogP) is 1.12. The number of carbonyl (C=O) groups is 1. The van der Waals surface area contributed by atoms with Crippen LogP contribution in [0.25, 0.3) is 0 Å². The van der Waals surface area contributed by atoms with Crippen LogP contribution in [0, 0.1) is 6.92 Å². The third-order valence-electron chi connectivity index (χ3n) is 2.25. The highest BCUT2D eigenvalue weighted by molar-refractivity contribution is 5.76. The molecule has 0 aromatic carbocycles. The lowest BCUT2D eigenvalue weighted by molar-refractivity contribution is -0.120. The van der Waals surface area contributed by atoms with Gasteiger partial charge in [-0.1, -0.05) is 6.92 Å². The first-order chi connectivity index (χ1) is 8.65. The molecule has 1 aromatic rings. The van der Waals surface area contributed by atoms with Crippen LogP contribution in [0.1, 0.15) is 25.6 Å². The Morgan fingerprint density at radius 2 is 2.17 bits per heavy atom. The lowest BCUT2D eigenvalue weighted by Gasteiger charge is -2.08. The second-order valence-electron chi connectivity index (χ2n) is 3.87. The summed E-state index contributed by atoms with van der Waals surface area (Å²) in [6, 6.07) is 1.71. The van der Waals surface area contributed by atoms with E-state index in [0.29, 0.717) is 30.5 Å². The molecular formula is C12H20N4O2. The molecule has 18 heavy (non-hydrogen) atoms. The minimum absolute atomic E-state index is 0.0436. The molecule has 6 nitrogen and oxygen atoms in total. The Morgan fingerprint density at radius 1 is 1.39 bits per heavy atom. The predicted molar refractivity (Wildman–Crippen MR) is 69.7 cm³/mol. The summed E-state index contributed by atoms with van der Waals surface area (Å²) in [5, 5.41) is 5.89. The zero-order valence-corrected chi connectivity index (χ0v) is 11.1. The fraction of sp³-hybridized carbons (Fsp3) is 0.583. The van der Waals surface area contributed by atoms with Crippen LogP contribution in [0.5, 0.6) is 5.88 Å². The number of carbonyl (C=O) groups excluding carboxylic acids is 1. The number of rotatable bonds is 7. The number of anilines is 1. The highest BCUT2D eigenvalue weighted by Crippen LogP contribution is 2.12. The van der Waals surface area contributed by atoms with E-state index in [-0.39, 0.29) is 5.91 Å². The molecule has 0 bridgehead atoms. The Labute approximate surface area is 107 Å². The van der Waals surface area contributed by atoms with Crippen molar-refractivity contribution in [2.75, 3.05) is 25.5 Å². The fourth-order valence-corrected chi connectivity index (χ4v) is 1.39. The standard InChI is InChI=1S/C12H20N4O2/c1-4-6-14-11(17)5-7-13-10-8-12(18-3)16-9(2)15-10/h8H,4-7H2,1-3H3,(H,14,17)(H,13,15,16). The molecule has 1 heterocycles. The van der Waals surface area contributed by atoms with Crippen molar-refractivity contribution in [3.05, 3.63) is 11.9 Å². The molecule has 0 fully saturated rings. The van der Waals surface area contributed by atoms with Gasteiger partial charge in [0.1, 0.15) is 11.6 Å². The minimum Gasteiger partial charge on any atom is -0.481 e. The fourth-order valence-electron chi connectivity index (χ4n) is 1.39. The quantitative estimate of drug-likeness (QED) is 0.760. The van der Waals surface area contributed by atoms with Gasteiger partial charge in [0.05, 0.1) is 7.11 Å². The van der Waals surface area contributed by atoms with E-state index in [0.717, 1.165) is 13.0 Å².